The van der Waals surface area contributed by atoms with Gasteiger partial charge in [0, 0.05) is 51.5 Å². The number of methoxy groups -OCH3 is 1. The summed E-state index contributed by atoms with van der Waals surface area (Å²) in [6, 6.07) is 0. The van der Waals surface area contributed by atoms with Crippen LogP contribution >= 0.6 is 0 Å². The molecule has 0 radical (unpaired) electrons. The second-order valence-electron chi connectivity index (χ2n) is 6.04. The van der Waals surface area contributed by atoms with Gasteiger partial charge >= 0.3 is 0 Å². The minimum atomic E-state index is 0.187. The highest BCUT2D eigenvalue weighted by Crippen LogP contribution is 2.27. The number of aromatic nitrogens is 5. The van der Waals surface area contributed by atoms with E-state index < -0.39 is 0 Å². The number of piperidine rings is 1. The third kappa shape index (κ3) is 4.00. The fraction of sp³-hybridized carbons (Fsp3) is 0.625. The number of likely N-dealkylation sites (tertiary alicyclic amines) is 1. The number of hydrogen-bond donors (Lipinski definition) is 0. The zero-order valence-electron chi connectivity index (χ0n) is 14.0. The largest absolute Gasteiger partial charge is 0.383 e. The van der Waals surface area contributed by atoms with Gasteiger partial charge in [0.1, 0.15) is 18.5 Å². The van der Waals surface area contributed by atoms with Crippen LogP contribution in [0.25, 0.3) is 0 Å². The van der Waals surface area contributed by atoms with Crippen molar-refractivity contribution in [3.63, 3.8) is 0 Å². The lowest BCUT2D eigenvalue weighted by atomic mass is 9.95. The van der Waals surface area contributed by atoms with Crippen molar-refractivity contribution >= 4 is 5.91 Å². The highest BCUT2D eigenvalue weighted by molar-refractivity contribution is 5.76. The van der Waals surface area contributed by atoms with Gasteiger partial charge in [-0.15, -0.1) is 0 Å². The summed E-state index contributed by atoms with van der Waals surface area (Å²) in [6.45, 7) is 3.67. The van der Waals surface area contributed by atoms with Crippen LogP contribution < -0.4 is 0 Å². The fourth-order valence-electron chi connectivity index (χ4n) is 3.16. The van der Waals surface area contributed by atoms with Crippen molar-refractivity contribution in [1.82, 2.24) is 29.2 Å². The molecule has 0 spiro atoms. The number of ether oxygens (including phenoxy) is 1. The standard InChI is InChI=1S/C16H24N6O2/c1-24-11-10-21-9-5-18-16(21)14-2-6-20(7-3-14)15(23)4-8-22-13-17-12-19-22/h5,9,12-14H,2-4,6-8,10-11H2,1H3. The highest BCUT2D eigenvalue weighted by atomic mass is 16.5. The van der Waals surface area contributed by atoms with Gasteiger partial charge < -0.3 is 14.2 Å². The summed E-state index contributed by atoms with van der Waals surface area (Å²) >= 11 is 0. The number of hydrogen-bond acceptors (Lipinski definition) is 5. The van der Waals surface area contributed by atoms with Gasteiger partial charge in [0.25, 0.3) is 0 Å². The SMILES string of the molecule is COCCn1ccnc1C1CCN(C(=O)CCn2cncn2)CC1. The summed E-state index contributed by atoms with van der Waals surface area (Å²) in [4.78, 5) is 22.7. The molecule has 3 heterocycles. The minimum absolute atomic E-state index is 0.187. The van der Waals surface area contributed by atoms with Crippen LogP contribution in [0.2, 0.25) is 0 Å². The maximum atomic E-state index is 12.3. The van der Waals surface area contributed by atoms with Gasteiger partial charge in [-0.25, -0.2) is 9.97 Å². The molecule has 0 saturated carbocycles. The van der Waals surface area contributed by atoms with Crippen LogP contribution in [0.15, 0.2) is 25.0 Å². The Bertz CT molecular complexity index is 631. The molecule has 1 fully saturated rings. The average Bonchev–Trinajstić information content (AvgIpc) is 3.29. The van der Waals surface area contributed by atoms with Crippen molar-refractivity contribution < 1.29 is 9.53 Å². The molecule has 0 unspecified atom stereocenters. The third-order valence-corrected chi connectivity index (χ3v) is 4.52. The quantitative estimate of drug-likeness (QED) is 0.753. The molecule has 1 aliphatic rings. The molecular weight excluding hydrogens is 308 g/mol. The summed E-state index contributed by atoms with van der Waals surface area (Å²) in [6.07, 6.45) is 9.36. The van der Waals surface area contributed by atoms with E-state index in [1.54, 1.807) is 18.1 Å². The Morgan fingerprint density at radius 2 is 2.17 bits per heavy atom. The minimum Gasteiger partial charge on any atom is -0.383 e. The Labute approximate surface area is 141 Å². The van der Waals surface area contributed by atoms with Crippen molar-refractivity contribution in [3.05, 3.63) is 30.9 Å². The van der Waals surface area contributed by atoms with E-state index in [1.807, 2.05) is 17.3 Å². The molecule has 2 aromatic heterocycles. The van der Waals surface area contributed by atoms with Crippen LogP contribution in [0.3, 0.4) is 0 Å². The molecule has 0 aromatic carbocycles. The van der Waals surface area contributed by atoms with Crippen LogP contribution in [0.1, 0.15) is 31.0 Å². The van der Waals surface area contributed by atoms with E-state index in [9.17, 15) is 4.79 Å². The molecule has 8 heteroatoms. The van der Waals surface area contributed by atoms with Crippen LogP contribution in [0, 0.1) is 0 Å². The lowest BCUT2D eigenvalue weighted by Crippen LogP contribution is -2.38. The van der Waals surface area contributed by atoms with E-state index >= 15 is 0 Å². The van der Waals surface area contributed by atoms with E-state index in [0.29, 0.717) is 25.5 Å². The maximum Gasteiger partial charge on any atom is 0.224 e. The van der Waals surface area contributed by atoms with Gasteiger partial charge in [-0.05, 0) is 12.8 Å². The van der Waals surface area contributed by atoms with Gasteiger partial charge in [0.05, 0.1) is 13.2 Å². The second-order valence-corrected chi connectivity index (χ2v) is 6.04. The predicted octanol–water partition coefficient (Wildman–Crippen LogP) is 0.917. The van der Waals surface area contributed by atoms with E-state index in [4.69, 9.17) is 4.74 Å². The van der Waals surface area contributed by atoms with Crippen LogP contribution in [0.5, 0.6) is 0 Å². The summed E-state index contributed by atoms with van der Waals surface area (Å²) in [5, 5.41) is 4.03. The number of amides is 1. The number of imidazole rings is 1. The summed E-state index contributed by atoms with van der Waals surface area (Å²) < 4.78 is 9.01. The molecule has 3 rings (SSSR count). The molecule has 1 amide bonds. The molecule has 1 saturated heterocycles. The van der Waals surface area contributed by atoms with E-state index in [-0.39, 0.29) is 5.91 Å². The third-order valence-electron chi connectivity index (χ3n) is 4.52. The maximum absolute atomic E-state index is 12.3. The molecule has 2 aromatic rings. The normalized spacial score (nSPS) is 15.8. The first-order chi connectivity index (χ1) is 11.8. The fourth-order valence-corrected chi connectivity index (χ4v) is 3.16. The van der Waals surface area contributed by atoms with Crippen LogP contribution in [0.4, 0.5) is 0 Å². The summed E-state index contributed by atoms with van der Waals surface area (Å²) in [5.74, 6) is 1.71. The first-order valence-corrected chi connectivity index (χ1v) is 8.38. The Morgan fingerprint density at radius 3 is 2.88 bits per heavy atom. The van der Waals surface area contributed by atoms with E-state index in [2.05, 4.69) is 19.6 Å². The molecule has 0 bridgehead atoms. The van der Waals surface area contributed by atoms with Crippen LogP contribution in [-0.2, 0) is 22.6 Å². The zero-order valence-corrected chi connectivity index (χ0v) is 14.0. The average molecular weight is 332 g/mol. The van der Waals surface area contributed by atoms with Crippen molar-refractivity contribution in [2.45, 2.75) is 38.3 Å². The first kappa shape index (κ1) is 16.6. The number of nitrogens with zero attached hydrogens (tertiary/aromatic N) is 6. The van der Waals surface area contributed by atoms with Gasteiger partial charge in [0.15, 0.2) is 0 Å². The lowest BCUT2D eigenvalue weighted by Gasteiger charge is -2.32. The molecule has 0 N–H and O–H groups in total. The monoisotopic (exact) mass is 332 g/mol. The number of carbonyl (C=O) groups excluding carboxylic acids is 1. The van der Waals surface area contributed by atoms with E-state index in [1.165, 1.54) is 6.33 Å². The lowest BCUT2D eigenvalue weighted by molar-refractivity contribution is -0.132. The van der Waals surface area contributed by atoms with Crippen molar-refractivity contribution in [2.24, 2.45) is 0 Å². The molecule has 8 nitrogen and oxygen atoms in total. The molecule has 0 atom stereocenters. The summed E-state index contributed by atoms with van der Waals surface area (Å²) in [7, 11) is 1.71. The van der Waals surface area contributed by atoms with Gasteiger partial charge in [-0.1, -0.05) is 0 Å². The van der Waals surface area contributed by atoms with Crippen molar-refractivity contribution in [1.29, 1.82) is 0 Å². The van der Waals surface area contributed by atoms with Crippen molar-refractivity contribution in [3.8, 4) is 0 Å². The smallest absolute Gasteiger partial charge is 0.224 e. The number of carbonyl (C=O) groups is 1. The first-order valence-electron chi connectivity index (χ1n) is 8.38. The van der Waals surface area contributed by atoms with Gasteiger partial charge in [-0.2, -0.15) is 5.10 Å². The van der Waals surface area contributed by atoms with Crippen molar-refractivity contribution in [2.75, 3.05) is 26.8 Å². The molecule has 0 aliphatic carbocycles. The Morgan fingerprint density at radius 1 is 1.33 bits per heavy atom. The van der Waals surface area contributed by atoms with Gasteiger partial charge in [-0.3, -0.25) is 9.48 Å². The predicted molar refractivity (Wildman–Crippen MR) is 87.3 cm³/mol. The highest BCUT2D eigenvalue weighted by Gasteiger charge is 2.26. The molecule has 130 valence electrons. The Hall–Kier alpha value is -2.22. The molecule has 24 heavy (non-hydrogen) atoms. The molecule has 1 aliphatic heterocycles. The molecular formula is C16H24N6O2. The van der Waals surface area contributed by atoms with E-state index in [0.717, 1.165) is 38.3 Å². The number of aryl methyl sites for hydroxylation is 1. The summed E-state index contributed by atoms with van der Waals surface area (Å²) in [5.41, 5.74) is 0. The zero-order chi connectivity index (χ0) is 16.8. The second kappa shape index (κ2) is 8.05. The Kier molecular flexibility index (Phi) is 5.58. The number of rotatable bonds is 7. The van der Waals surface area contributed by atoms with Gasteiger partial charge in [0.2, 0.25) is 5.91 Å². The topological polar surface area (TPSA) is 78.1 Å². The van der Waals surface area contributed by atoms with Crippen LogP contribution in [-0.4, -0.2) is 61.9 Å². The Balaban J connectivity index is 1.48.